The van der Waals surface area contributed by atoms with Gasteiger partial charge < -0.3 is 11.5 Å². The van der Waals surface area contributed by atoms with E-state index in [0.717, 1.165) is 17.8 Å². The van der Waals surface area contributed by atoms with E-state index >= 15 is 0 Å². The minimum Gasteiger partial charge on any atom is -0.399 e. The monoisotopic (exact) mass is 238 g/mol. The molecule has 0 unspecified atom stereocenters. The van der Waals surface area contributed by atoms with Crippen molar-refractivity contribution in [2.75, 3.05) is 11.5 Å². The van der Waals surface area contributed by atoms with Crippen LogP contribution in [0.5, 0.6) is 0 Å². The van der Waals surface area contributed by atoms with Crippen LogP contribution in [0.2, 0.25) is 0 Å². The molecule has 2 nitrogen and oxygen atoms in total. The molecule has 92 valence electrons. The third-order valence-electron chi connectivity index (χ3n) is 4.00. The Hall–Kier alpha value is -1.96. The molecular formula is C16H18N2. The van der Waals surface area contributed by atoms with Gasteiger partial charge in [-0.05, 0) is 52.9 Å². The van der Waals surface area contributed by atoms with Gasteiger partial charge in [0.2, 0.25) is 0 Å². The van der Waals surface area contributed by atoms with Crippen LogP contribution >= 0.6 is 0 Å². The zero-order valence-electron chi connectivity index (χ0n) is 10.8. The first-order valence-electron chi connectivity index (χ1n) is 6.26. The van der Waals surface area contributed by atoms with E-state index < -0.39 is 0 Å². The largest absolute Gasteiger partial charge is 0.399 e. The fraction of sp³-hybridized carbons (Fsp3) is 0.250. The van der Waals surface area contributed by atoms with E-state index in [9.17, 15) is 0 Å². The van der Waals surface area contributed by atoms with E-state index in [4.69, 9.17) is 11.5 Å². The van der Waals surface area contributed by atoms with Gasteiger partial charge in [-0.3, -0.25) is 0 Å². The summed E-state index contributed by atoms with van der Waals surface area (Å²) in [4.78, 5) is 0. The van der Waals surface area contributed by atoms with Crippen LogP contribution in [0.1, 0.15) is 36.1 Å². The highest BCUT2D eigenvalue weighted by molar-refractivity contribution is 5.60. The summed E-state index contributed by atoms with van der Waals surface area (Å²) in [7, 11) is 0. The van der Waals surface area contributed by atoms with E-state index in [1.807, 2.05) is 12.1 Å². The van der Waals surface area contributed by atoms with Crippen molar-refractivity contribution in [3.63, 3.8) is 0 Å². The summed E-state index contributed by atoms with van der Waals surface area (Å²) in [6.07, 6.45) is 0.967. The molecule has 0 saturated carbocycles. The van der Waals surface area contributed by atoms with Crippen molar-refractivity contribution in [2.24, 2.45) is 0 Å². The van der Waals surface area contributed by atoms with Gasteiger partial charge in [0.1, 0.15) is 0 Å². The Balaban J connectivity index is 2.27. The Morgan fingerprint density at radius 2 is 1.28 bits per heavy atom. The first kappa shape index (κ1) is 11.1. The minimum atomic E-state index is -0.0341. The van der Waals surface area contributed by atoms with Crippen molar-refractivity contribution in [3.8, 4) is 0 Å². The van der Waals surface area contributed by atoms with Gasteiger partial charge in [-0.15, -0.1) is 0 Å². The molecule has 0 atom stereocenters. The van der Waals surface area contributed by atoms with Crippen LogP contribution in [0.25, 0.3) is 0 Å². The molecule has 0 aromatic heterocycles. The number of hydrogen-bond donors (Lipinski definition) is 2. The van der Waals surface area contributed by atoms with Crippen LogP contribution in [0.4, 0.5) is 11.4 Å². The van der Waals surface area contributed by atoms with E-state index in [1.54, 1.807) is 0 Å². The Morgan fingerprint density at radius 3 is 1.72 bits per heavy atom. The molecule has 2 aromatic rings. The van der Waals surface area contributed by atoms with Crippen molar-refractivity contribution in [2.45, 2.75) is 25.7 Å². The predicted molar refractivity (Wildman–Crippen MR) is 76.6 cm³/mol. The molecule has 0 amide bonds. The van der Waals surface area contributed by atoms with Gasteiger partial charge in [-0.2, -0.15) is 0 Å². The topological polar surface area (TPSA) is 52.0 Å². The third-order valence-corrected chi connectivity index (χ3v) is 4.00. The normalized spacial score (nSPS) is 15.9. The molecule has 0 heterocycles. The molecule has 1 aliphatic rings. The van der Waals surface area contributed by atoms with Gasteiger partial charge in [0.15, 0.2) is 0 Å². The van der Waals surface area contributed by atoms with Crippen molar-refractivity contribution >= 4 is 11.4 Å². The van der Waals surface area contributed by atoms with Gasteiger partial charge in [-0.25, -0.2) is 0 Å². The first-order chi connectivity index (χ1) is 8.48. The maximum atomic E-state index is 5.93. The molecule has 0 aliphatic heterocycles. The highest BCUT2D eigenvalue weighted by atomic mass is 14.6. The average molecular weight is 238 g/mol. The van der Waals surface area contributed by atoms with Crippen LogP contribution in [-0.2, 0) is 11.8 Å². The predicted octanol–water partition coefficient (Wildman–Crippen LogP) is 3.08. The lowest BCUT2D eigenvalue weighted by atomic mass is 9.69. The van der Waals surface area contributed by atoms with Gasteiger partial charge in [0, 0.05) is 16.8 Å². The number of rotatable bonds is 0. The lowest BCUT2D eigenvalue weighted by molar-refractivity contribution is 0.611. The third kappa shape index (κ3) is 1.49. The van der Waals surface area contributed by atoms with Crippen molar-refractivity contribution in [1.29, 1.82) is 0 Å². The number of nitrogens with two attached hydrogens (primary N) is 2. The van der Waals surface area contributed by atoms with E-state index in [1.165, 1.54) is 22.3 Å². The smallest absolute Gasteiger partial charge is 0.0317 e. The van der Waals surface area contributed by atoms with Crippen molar-refractivity contribution in [1.82, 2.24) is 0 Å². The summed E-state index contributed by atoms with van der Waals surface area (Å²) >= 11 is 0. The summed E-state index contributed by atoms with van der Waals surface area (Å²) < 4.78 is 0. The Kier molecular flexibility index (Phi) is 2.18. The van der Waals surface area contributed by atoms with Crippen LogP contribution in [0.3, 0.4) is 0 Å². The molecule has 18 heavy (non-hydrogen) atoms. The molecule has 4 N–H and O–H groups in total. The number of fused-ring (bicyclic) bond motifs is 2. The summed E-state index contributed by atoms with van der Waals surface area (Å²) in [5, 5.41) is 0. The molecule has 2 heteroatoms. The lowest BCUT2D eigenvalue weighted by Gasteiger charge is -2.35. The second kappa shape index (κ2) is 3.52. The second-order valence-electron chi connectivity index (χ2n) is 5.63. The molecule has 0 spiro atoms. The second-order valence-corrected chi connectivity index (χ2v) is 5.63. The molecular weight excluding hydrogens is 220 g/mol. The van der Waals surface area contributed by atoms with Gasteiger partial charge >= 0.3 is 0 Å². The quantitative estimate of drug-likeness (QED) is 0.693. The molecule has 0 radical (unpaired) electrons. The molecule has 2 aromatic carbocycles. The number of anilines is 2. The van der Waals surface area contributed by atoms with Gasteiger partial charge in [-0.1, -0.05) is 26.0 Å². The Labute approximate surface area is 108 Å². The summed E-state index contributed by atoms with van der Waals surface area (Å²) in [5.74, 6) is 0. The van der Waals surface area contributed by atoms with E-state index in [2.05, 4.69) is 38.1 Å². The van der Waals surface area contributed by atoms with Crippen LogP contribution in [0, 0.1) is 0 Å². The molecule has 0 fully saturated rings. The zero-order chi connectivity index (χ0) is 12.9. The van der Waals surface area contributed by atoms with E-state index in [-0.39, 0.29) is 5.41 Å². The van der Waals surface area contributed by atoms with Gasteiger partial charge in [0.05, 0.1) is 0 Å². The molecule has 3 rings (SSSR count). The number of hydrogen-bond acceptors (Lipinski definition) is 2. The standard InChI is InChI=1S/C16H18N2/c1-16(2)14-8-12(17)5-3-10(14)7-11-4-6-13(18)9-15(11)16/h3-6,8-9H,7,17-18H2,1-2H3. The SMILES string of the molecule is CC1(C)c2cc(N)ccc2Cc2ccc(N)cc21. The molecule has 0 saturated heterocycles. The van der Waals surface area contributed by atoms with Crippen LogP contribution < -0.4 is 11.5 Å². The van der Waals surface area contributed by atoms with Crippen molar-refractivity contribution in [3.05, 3.63) is 58.7 Å². The minimum absolute atomic E-state index is 0.0341. The summed E-state index contributed by atoms with van der Waals surface area (Å²) in [6.45, 7) is 4.48. The molecule has 0 bridgehead atoms. The fourth-order valence-corrected chi connectivity index (χ4v) is 3.01. The van der Waals surface area contributed by atoms with Crippen LogP contribution in [-0.4, -0.2) is 0 Å². The fourth-order valence-electron chi connectivity index (χ4n) is 3.01. The van der Waals surface area contributed by atoms with Crippen LogP contribution in [0.15, 0.2) is 36.4 Å². The summed E-state index contributed by atoms with van der Waals surface area (Å²) in [5.41, 5.74) is 18.9. The highest BCUT2D eigenvalue weighted by Crippen LogP contribution is 2.42. The Morgan fingerprint density at radius 1 is 0.833 bits per heavy atom. The van der Waals surface area contributed by atoms with Crippen molar-refractivity contribution < 1.29 is 0 Å². The van der Waals surface area contributed by atoms with E-state index in [0.29, 0.717) is 0 Å². The maximum absolute atomic E-state index is 5.93. The molecule has 1 aliphatic carbocycles. The first-order valence-corrected chi connectivity index (χ1v) is 6.26. The highest BCUT2D eigenvalue weighted by Gasteiger charge is 2.32. The average Bonchev–Trinajstić information content (AvgIpc) is 2.32. The number of nitrogen functional groups attached to an aromatic ring is 2. The zero-order valence-corrected chi connectivity index (χ0v) is 10.8. The number of benzene rings is 2. The Bertz CT molecular complexity index is 573. The maximum Gasteiger partial charge on any atom is 0.0317 e. The lowest BCUT2D eigenvalue weighted by Crippen LogP contribution is -2.27. The van der Waals surface area contributed by atoms with Gasteiger partial charge in [0.25, 0.3) is 0 Å². The summed E-state index contributed by atoms with van der Waals surface area (Å²) in [6, 6.07) is 12.5.